The first-order valence-corrected chi connectivity index (χ1v) is 10.8. The number of rotatable bonds is 5. The Bertz CT molecular complexity index is 1150. The van der Waals surface area contributed by atoms with Crippen LogP contribution in [0.3, 0.4) is 0 Å². The van der Waals surface area contributed by atoms with Gasteiger partial charge in [0.2, 0.25) is 5.91 Å². The zero-order chi connectivity index (χ0) is 20.4. The van der Waals surface area contributed by atoms with Crippen molar-refractivity contribution in [2.45, 2.75) is 17.7 Å². The number of para-hydroxylation sites is 2. The molecule has 0 unspecified atom stereocenters. The van der Waals surface area contributed by atoms with Crippen LogP contribution in [0.5, 0.6) is 0 Å². The molecule has 3 aromatic rings. The number of sulfonamides is 1. The van der Waals surface area contributed by atoms with Crippen LogP contribution in [0.15, 0.2) is 59.5 Å². The van der Waals surface area contributed by atoms with Crippen LogP contribution >= 0.6 is 0 Å². The van der Waals surface area contributed by atoms with Gasteiger partial charge >= 0.3 is 0 Å². The minimum absolute atomic E-state index is 0.134. The van der Waals surface area contributed by atoms with Crippen molar-refractivity contribution in [3.63, 3.8) is 0 Å². The fraction of sp³-hybridized carbons (Fsp3) is 0.250. The number of nitrogens with one attached hydrogen (secondary N) is 1. The summed E-state index contributed by atoms with van der Waals surface area (Å²) in [5.74, 6) is -0.141. The molecule has 1 fully saturated rings. The minimum atomic E-state index is -3.84. The topological polar surface area (TPSA) is 118 Å². The molecular weight excluding hydrogens is 390 g/mol. The third-order valence-electron chi connectivity index (χ3n) is 4.96. The number of piperidine rings is 1. The average molecular weight is 411 g/mol. The summed E-state index contributed by atoms with van der Waals surface area (Å²) in [7, 11) is -3.84. The summed E-state index contributed by atoms with van der Waals surface area (Å²) >= 11 is 0. The maximum atomic E-state index is 12.9. The molecule has 0 saturated carbocycles. The third-order valence-corrected chi connectivity index (χ3v) is 6.31. The monoisotopic (exact) mass is 411 g/mol. The van der Waals surface area contributed by atoms with E-state index >= 15 is 0 Å². The van der Waals surface area contributed by atoms with Gasteiger partial charge in [0.15, 0.2) is 11.6 Å². The molecule has 3 N–H and O–H groups in total. The number of aromatic nitrogens is 2. The molecule has 1 amide bonds. The lowest BCUT2D eigenvalue weighted by molar-refractivity contribution is -0.122. The minimum Gasteiger partial charge on any atom is -0.369 e. The highest BCUT2D eigenvalue weighted by molar-refractivity contribution is 7.92. The van der Waals surface area contributed by atoms with Crippen LogP contribution in [0.1, 0.15) is 12.8 Å². The number of anilines is 2. The SMILES string of the molecule is NC(=O)[C@H]1CCCN(c2nc3ccccc3nc2NS(=O)(=O)c2ccccc2)C1. The molecule has 1 aromatic heterocycles. The lowest BCUT2D eigenvalue weighted by Crippen LogP contribution is -2.42. The fourth-order valence-corrected chi connectivity index (χ4v) is 4.49. The van der Waals surface area contributed by atoms with E-state index in [1.165, 1.54) is 12.1 Å². The van der Waals surface area contributed by atoms with Gasteiger partial charge in [-0.3, -0.25) is 9.52 Å². The van der Waals surface area contributed by atoms with Crippen molar-refractivity contribution >= 4 is 38.6 Å². The predicted molar refractivity (Wildman–Crippen MR) is 111 cm³/mol. The molecular formula is C20H21N5O3S. The van der Waals surface area contributed by atoms with Crippen molar-refractivity contribution in [3.05, 3.63) is 54.6 Å². The van der Waals surface area contributed by atoms with Gasteiger partial charge in [0, 0.05) is 13.1 Å². The molecule has 0 spiro atoms. The molecule has 4 rings (SSSR count). The van der Waals surface area contributed by atoms with E-state index in [2.05, 4.69) is 14.7 Å². The van der Waals surface area contributed by atoms with Crippen LogP contribution in [-0.4, -0.2) is 37.4 Å². The van der Waals surface area contributed by atoms with Crippen LogP contribution in [-0.2, 0) is 14.8 Å². The second-order valence-corrected chi connectivity index (χ2v) is 8.67. The molecule has 0 aliphatic carbocycles. The van der Waals surface area contributed by atoms with Crippen LogP contribution in [0.25, 0.3) is 11.0 Å². The van der Waals surface area contributed by atoms with Crippen molar-refractivity contribution in [2.75, 3.05) is 22.7 Å². The zero-order valence-electron chi connectivity index (χ0n) is 15.7. The lowest BCUT2D eigenvalue weighted by Gasteiger charge is -2.33. The van der Waals surface area contributed by atoms with Crippen LogP contribution in [0, 0.1) is 5.92 Å². The summed E-state index contributed by atoms with van der Waals surface area (Å²) in [4.78, 5) is 22.9. The Hall–Kier alpha value is -3.20. The molecule has 1 aliphatic heterocycles. The van der Waals surface area contributed by atoms with E-state index in [0.717, 1.165) is 6.42 Å². The molecule has 1 saturated heterocycles. The molecule has 8 nitrogen and oxygen atoms in total. The summed E-state index contributed by atoms with van der Waals surface area (Å²) in [6.07, 6.45) is 1.46. The molecule has 150 valence electrons. The molecule has 29 heavy (non-hydrogen) atoms. The highest BCUT2D eigenvalue weighted by atomic mass is 32.2. The van der Waals surface area contributed by atoms with Crippen LogP contribution in [0.4, 0.5) is 11.6 Å². The maximum absolute atomic E-state index is 12.9. The second-order valence-electron chi connectivity index (χ2n) is 6.99. The van der Waals surface area contributed by atoms with Crippen molar-refractivity contribution in [1.29, 1.82) is 0 Å². The summed E-state index contributed by atoms with van der Waals surface area (Å²) in [5.41, 5.74) is 6.72. The second kappa shape index (κ2) is 7.67. The number of nitrogens with zero attached hydrogens (tertiary/aromatic N) is 3. The van der Waals surface area contributed by atoms with Gasteiger partial charge in [0.1, 0.15) is 0 Å². The molecule has 1 aliphatic rings. The van der Waals surface area contributed by atoms with Gasteiger partial charge in [-0.2, -0.15) is 0 Å². The summed E-state index contributed by atoms with van der Waals surface area (Å²) in [6.45, 7) is 1.01. The first-order chi connectivity index (χ1) is 13.9. The van der Waals surface area contributed by atoms with E-state index in [-0.39, 0.29) is 22.5 Å². The van der Waals surface area contributed by atoms with Gasteiger partial charge < -0.3 is 10.6 Å². The highest BCUT2D eigenvalue weighted by Gasteiger charge is 2.28. The van der Waals surface area contributed by atoms with Crippen molar-refractivity contribution in [3.8, 4) is 0 Å². The van der Waals surface area contributed by atoms with Crippen molar-refractivity contribution in [1.82, 2.24) is 9.97 Å². The third kappa shape index (κ3) is 4.00. The zero-order valence-corrected chi connectivity index (χ0v) is 16.5. The van der Waals surface area contributed by atoms with Gasteiger partial charge in [0.05, 0.1) is 21.8 Å². The smallest absolute Gasteiger partial charge is 0.263 e. The maximum Gasteiger partial charge on any atom is 0.263 e. The van der Waals surface area contributed by atoms with E-state index in [0.29, 0.717) is 36.4 Å². The summed E-state index contributed by atoms with van der Waals surface area (Å²) in [6, 6.07) is 15.3. The molecule has 2 aromatic carbocycles. The Kier molecular flexibility index (Phi) is 5.06. The Morgan fingerprint density at radius 2 is 1.69 bits per heavy atom. The summed E-state index contributed by atoms with van der Waals surface area (Å²) < 4.78 is 28.3. The Labute approximate surface area is 168 Å². The van der Waals surface area contributed by atoms with Gasteiger partial charge in [-0.1, -0.05) is 30.3 Å². The van der Waals surface area contributed by atoms with Gasteiger partial charge in [0.25, 0.3) is 10.0 Å². The predicted octanol–water partition coefficient (Wildman–Crippen LogP) is 2.13. The number of benzene rings is 2. The highest BCUT2D eigenvalue weighted by Crippen LogP contribution is 2.30. The Morgan fingerprint density at radius 3 is 2.38 bits per heavy atom. The van der Waals surface area contributed by atoms with Gasteiger partial charge in [-0.05, 0) is 37.1 Å². The number of carbonyl (C=O) groups excluding carboxylic acids is 1. The number of carbonyl (C=O) groups is 1. The van der Waals surface area contributed by atoms with Crippen LogP contribution < -0.4 is 15.4 Å². The van der Waals surface area contributed by atoms with Gasteiger partial charge in [-0.15, -0.1) is 0 Å². The largest absolute Gasteiger partial charge is 0.369 e. The first kappa shape index (κ1) is 19.1. The normalized spacial score (nSPS) is 17.2. The van der Waals surface area contributed by atoms with E-state index in [4.69, 9.17) is 5.73 Å². The van der Waals surface area contributed by atoms with Gasteiger partial charge in [-0.25, -0.2) is 18.4 Å². The van der Waals surface area contributed by atoms with E-state index in [9.17, 15) is 13.2 Å². The Balaban J connectivity index is 1.78. The number of fused-ring (bicyclic) bond motifs is 1. The standard InChI is InChI=1S/C20H21N5O3S/c21-18(26)14-7-6-12-25(13-14)20-19(22-16-10-4-5-11-17(16)23-20)24-29(27,28)15-8-2-1-3-9-15/h1-5,8-11,14H,6-7,12-13H2,(H2,21,26)(H,22,24)/t14-/m0/s1. The molecule has 0 radical (unpaired) electrons. The summed E-state index contributed by atoms with van der Waals surface area (Å²) in [5, 5.41) is 0. The number of hydrogen-bond donors (Lipinski definition) is 2. The number of amides is 1. The quantitative estimate of drug-likeness (QED) is 0.664. The van der Waals surface area contributed by atoms with E-state index in [1.807, 2.05) is 23.1 Å². The fourth-order valence-electron chi connectivity index (χ4n) is 3.47. The molecule has 2 heterocycles. The molecule has 9 heteroatoms. The number of primary amides is 1. The van der Waals surface area contributed by atoms with E-state index in [1.54, 1.807) is 24.3 Å². The van der Waals surface area contributed by atoms with Crippen molar-refractivity contribution < 1.29 is 13.2 Å². The Morgan fingerprint density at radius 1 is 1.03 bits per heavy atom. The lowest BCUT2D eigenvalue weighted by atomic mass is 9.97. The number of hydrogen-bond acceptors (Lipinski definition) is 6. The van der Waals surface area contributed by atoms with Crippen molar-refractivity contribution in [2.24, 2.45) is 11.7 Å². The average Bonchev–Trinajstić information content (AvgIpc) is 2.73. The number of nitrogens with two attached hydrogens (primary N) is 1. The van der Waals surface area contributed by atoms with Crippen LogP contribution in [0.2, 0.25) is 0 Å². The molecule has 0 bridgehead atoms. The molecule has 1 atom stereocenters. The first-order valence-electron chi connectivity index (χ1n) is 9.33. The van der Waals surface area contributed by atoms with E-state index < -0.39 is 10.0 Å².